The van der Waals surface area contributed by atoms with E-state index in [2.05, 4.69) is 15.6 Å². The number of carbonyl (C=O) groups is 2. The van der Waals surface area contributed by atoms with Crippen molar-refractivity contribution in [2.75, 3.05) is 14.2 Å². The Labute approximate surface area is 241 Å². The highest BCUT2D eigenvalue weighted by molar-refractivity contribution is 6.06. The number of nitrogens with one attached hydrogen (secondary N) is 2. The van der Waals surface area contributed by atoms with E-state index in [0.717, 1.165) is 18.5 Å². The largest absolute Gasteiger partial charge is 0.496 e. The Hall–Kier alpha value is -5.18. The number of halogens is 1. The van der Waals surface area contributed by atoms with Gasteiger partial charge in [0.15, 0.2) is 0 Å². The van der Waals surface area contributed by atoms with Gasteiger partial charge in [-0.2, -0.15) is 0 Å². The molecule has 1 fully saturated rings. The normalized spacial score (nSPS) is 14.2. The van der Waals surface area contributed by atoms with Gasteiger partial charge in [0.25, 0.3) is 11.8 Å². The SMILES string of the molecule is COc1cc(OC)c(C(NC(=O)c2coc3ccccc23)c2ccc(F)cc2)cc1C(=O)NC1(c2ccccn2)CC1. The number of furan rings is 1. The second kappa shape index (κ2) is 11.0. The van der Waals surface area contributed by atoms with Crippen LogP contribution in [0.4, 0.5) is 4.39 Å². The van der Waals surface area contributed by atoms with Crippen molar-refractivity contribution >= 4 is 22.8 Å². The first-order valence-electron chi connectivity index (χ1n) is 13.4. The summed E-state index contributed by atoms with van der Waals surface area (Å²) in [5.41, 5.74) is 2.47. The van der Waals surface area contributed by atoms with Crippen LogP contribution in [0.2, 0.25) is 0 Å². The molecular formula is C33H28FN3O5. The maximum absolute atomic E-state index is 13.9. The minimum atomic E-state index is -0.815. The van der Waals surface area contributed by atoms with Gasteiger partial charge in [0.05, 0.1) is 42.6 Å². The molecule has 9 heteroatoms. The van der Waals surface area contributed by atoms with Crippen molar-refractivity contribution in [2.24, 2.45) is 0 Å². The fourth-order valence-electron chi connectivity index (χ4n) is 5.19. The number of pyridine rings is 1. The van der Waals surface area contributed by atoms with Gasteiger partial charge in [0.1, 0.15) is 29.2 Å². The van der Waals surface area contributed by atoms with Gasteiger partial charge in [0, 0.05) is 23.2 Å². The third-order valence-corrected chi connectivity index (χ3v) is 7.57. The van der Waals surface area contributed by atoms with E-state index in [4.69, 9.17) is 13.9 Å². The van der Waals surface area contributed by atoms with Gasteiger partial charge in [-0.15, -0.1) is 0 Å². The van der Waals surface area contributed by atoms with Gasteiger partial charge in [0.2, 0.25) is 0 Å². The van der Waals surface area contributed by atoms with Crippen molar-refractivity contribution in [2.45, 2.75) is 24.4 Å². The van der Waals surface area contributed by atoms with Crippen molar-refractivity contribution in [3.63, 3.8) is 0 Å². The van der Waals surface area contributed by atoms with Gasteiger partial charge in [-0.1, -0.05) is 36.4 Å². The zero-order chi connectivity index (χ0) is 29.3. The van der Waals surface area contributed by atoms with Crippen LogP contribution in [0.25, 0.3) is 11.0 Å². The van der Waals surface area contributed by atoms with Gasteiger partial charge < -0.3 is 24.5 Å². The Morgan fingerprint density at radius 1 is 0.905 bits per heavy atom. The van der Waals surface area contributed by atoms with Crippen molar-refractivity contribution < 1.29 is 27.9 Å². The van der Waals surface area contributed by atoms with Crippen molar-refractivity contribution in [1.29, 1.82) is 0 Å². The van der Waals surface area contributed by atoms with Crippen LogP contribution < -0.4 is 20.1 Å². The lowest BCUT2D eigenvalue weighted by Gasteiger charge is -2.24. The monoisotopic (exact) mass is 565 g/mol. The highest BCUT2D eigenvalue weighted by atomic mass is 19.1. The zero-order valence-electron chi connectivity index (χ0n) is 23.0. The lowest BCUT2D eigenvalue weighted by Crippen LogP contribution is -2.36. The Kier molecular flexibility index (Phi) is 7.08. The van der Waals surface area contributed by atoms with E-state index in [1.54, 1.807) is 42.6 Å². The van der Waals surface area contributed by atoms with Crippen LogP contribution in [-0.4, -0.2) is 31.0 Å². The third-order valence-electron chi connectivity index (χ3n) is 7.57. The molecule has 1 unspecified atom stereocenters. The molecule has 0 bridgehead atoms. The van der Waals surface area contributed by atoms with E-state index < -0.39 is 23.3 Å². The summed E-state index contributed by atoms with van der Waals surface area (Å²) in [6.07, 6.45) is 4.62. The van der Waals surface area contributed by atoms with Gasteiger partial charge in [-0.05, 0) is 54.8 Å². The number of nitrogens with zero attached hydrogens (tertiary/aromatic N) is 1. The highest BCUT2D eigenvalue weighted by Crippen LogP contribution is 2.45. The predicted octanol–water partition coefficient (Wildman–Crippen LogP) is 5.92. The maximum atomic E-state index is 13.9. The van der Waals surface area contributed by atoms with E-state index in [-0.39, 0.29) is 11.5 Å². The van der Waals surface area contributed by atoms with Crippen LogP contribution in [0.3, 0.4) is 0 Å². The molecule has 1 aliphatic carbocycles. The standard InChI is InChI=1S/C33H28FN3O5/c1-40-27-18-28(41-2)24(32(39)37-33(14-15-33)29-9-5-6-16-35-29)17-23(27)30(20-10-12-21(34)13-11-20)36-31(38)25-19-42-26-8-4-3-7-22(25)26/h3-13,16-19,30H,14-15H2,1-2H3,(H,36,38)(H,37,39). The molecule has 0 radical (unpaired) electrons. The molecule has 0 spiro atoms. The molecule has 2 amide bonds. The molecule has 1 aliphatic rings. The maximum Gasteiger partial charge on any atom is 0.255 e. The second-order valence-electron chi connectivity index (χ2n) is 10.1. The molecule has 2 N–H and O–H groups in total. The Morgan fingerprint density at radius 3 is 2.33 bits per heavy atom. The molecule has 0 saturated heterocycles. The number of carbonyl (C=O) groups excluding carboxylic acids is 2. The summed E-state index contributed by atoms with van der Waals surface area (Å²) in [6.45, 7) is 0. The molecule has 42 heavy (non-hydrogen) atoms. The van der Waals surface area contributed by atoms with E-state index in [9.17, 15) is 14.0 Å². The summed E-state index contributed by atoms with van der Waals surface area (Å²) in [5, 5.41) is 6.83. The molecule has 212 valence electrons. The lowest BCUT2D eigenvalue weighted by molar-refractivity contribution is 0.0925. The Bertz CT molecular complexity index is 1760. The summed E-state index contributed by atoms with van der Waals surface area (Å²) >= 11 is 0. The fraction of sp³-hybridized carbons (Fsp3) is 0.182. The van der Waals surface area contributed by atoms with Crippen LogP contribution >= 0.6 is 0 Å². The average molecular weight is 566 g/mol. The quantitative estimate of drug-likeness (QED) is 0.230. The summed E-state index contributed by atoms with van der Waals surface area (Å²) in [6, 6.07) is 21.1. The molecule has 1 saturated carbocycles. The summed E-state index contributed by atoms with van der Waals surface area (Å²) in [4.78, 5) is 31.8. The number of aromatic nitrogens is 1. The number of hydrogen-bond donors (Lipinski definition) is 2. The summed E-state index contributed by atoms with van der Waals surface area (Å²) in [7, 11) is 2.96. The van der Waals surface area contributed by atoms with E-state index >= 15 is 0 Å². The molecule has 6 rings (SSSR count). The first kappa shape index (κ1) is 27.0. The van der Waals surface area contributed by atoms with Crippen LogP contribution in [0, 0.1) is 5.82 Å². The number of benzene rings is 3. The molecule has 1 atom stereocenters. The van der Waals surface area contributed by atoms with E-state index in [1.165, 1.54) is 32.6 Å². The van der Waals surface area contributed by atoms with Crippen molar-refractivity contribution in [3.8, 4) is 11.5 Å². The number of ether oxygens (including phenoxy) is 2. The molecule has 2 aromatic heterocycles. The molecular weight excluding hydrogens is 537 g/mol. The molecule has 8 nitrogen and oxygen atoms in total. The Morgan fingerprint density at radius 2 is 1.64 bits per heavy atom. The smallest absolute Gasteiger partial charge is 0.255 e. The number of hydrogen-bond acceptors (Lipinski definition) is 6. The average Bonchev–Trinajstić information content (AvgIpc) is 3.68. The minimum absolute atomic E-state index is 0.255. The molecule has 5 aromatic rings. The van der Waals surface area contributed by atoms with Crippen LogP contribution in [0.1, 0.15) is 56.4 Å². The number of rotatable bonds is 9. The fourth-order valence-corrected chi connectivity index (χ4v) is 5.19. The number of para-hydroxylation sites is 1. The van der Waals surface area contributed by atoms with Crippen LogP contribution in [0.5, 0.6) is 11.5 Å². The zero-order valence-corrected chi connectivity index (χ0v) is 23.0. The molecule has 3 aromatic carbocycles. The lowest BCUT2D eigenvalue weighted by atomic mass is 9.94. The summed E-state index contributed by atoms with van der Waals surface area (Å²) < 4.78 is 30.8. The first-order valence-corrected chi connectivity index (χ1v) is 13.4. The van der Waals surface area contributed by atoms with E-state index in [0.29, 0.717) is 39.2 Å². The predicted molar refractivity (Wildman–Crippen MR) is 154 cm³/mol. The number of methoxy groups -OCH3 is 2. The highest BCUT2D eigenvalue weighted by Gasteiger charge is 2.47. The summed E-state index contributed by atoms with van der Waals surface area (Å²) in [5.74, 6) is -0.513. The van der Waals surface area contributed by atoms with Crippen LogP contribution in [0.15, 0.2) is 95.7 Å². The van der Waals surface area contributed by atoms with E-state index in [1.807, 2.05) is 30.3 Å². The van der Waals surface area contributed by atoms with Gasteiger partial charge in [-0.3, -0.25) is 14.6 Å². The number of fused-ring (bicyclic) bond motifs is 1. The van der Waals surface area contributed by atoms with Gasteiger partial charge in [-0.25, -0.2) is 4.39 Å². The number of amides is 2. The van der Waals surface area contributed by atoms with Crippen molar-refractivity contribution in [3.05, 3.63) is 125 Å². The molecule has 2 heterocycles. The van der Waals surface area contributed by atoms with Crippen LogP contribution in [-0.2, 0) is 5.54 Å². The second-order valence-corrected chi connectivity index (χ2v) is 10.1. The van der Waals surface area contributed by atoms with Gasteiger partial charge >= 0.3 is 0 Å². The van der Waals surface area contributed by atoms with Crippen molar-refractivity contribution in [1.82, 2.24) is 15.6 Å². The minimum Gasteiger partial charge on any atom is -0.496 e. The topological polar surface area (TPSA) is 103 Å². The first-order chi connectivity index (χ1) is 20.4. The molecule has 0 aliphatic heterocycles. The third kappa shape index (κ3) is 5.05. The Balaban J connectivity index is 1.41.